The Balaban J connectivity index is 2.89. The van der Waals surface area contributed by atoms with E-state index in [1.165, 1.54) is 0 Å². The van der Waals surface area contributed by atoms with Crippen molar-refractivity contribution in [2.75, 3.05) is 0 Å². The third-order valence-electron chi connectivity index (χ3n) is 1.19. The number of aldehydes is 1. The summed E-state index contributed by atoms with van der Waals surface area (Å²) < 4.78 is 39.6. The van der Waals surface area contributed by atoms with Gasteiger partial charge in [-0.05, 0) is 6.07 Å². The van der Waals surface area contributed by atoms with Crippen LogP contribution in [-0.2, 0) is 0 Å². The molecule has 0 unspecified atom stereocenters. The summed E-state index contributed by atoms with van der Waals surface area (Å²) in [5.74, 6) is -1.69. The lowest BCUT2D eigenvalue weighted by atomic mass is 10.3. The Morgan fingerprint density at radius 1 is 1.46 bits per heavy atom. The smallest absolute Gasteiger partial charge is 0.388 e. The highest BCUT2D eigenvalue weighted by Crippen LogP contribution is 2.12. The first-order chi connectivity index (χ1) is 6.13. The Labute approximate surface area is 71.2 Å². The number of carbonyl (C=O) groups excluding carboxylic acids is 1. The van der Waals surface area contributed by atoms with E-state index >= 15 is 0 Å². The zero-order valence-corrected chi connectivity index (χ0v) is 6.21. The second kappa shape index (κ2) is 3.88. The van der Waals surface area contributed by atoms with Crippen molar-refractivity contribution in [1.82, 2.24) is 4.98 Å². The molecule has 0 N–H and O–H groups in total. The predicted octanol–water partition coefficient (Wildman–Crippen LogP) is 1.63. The Kier molecular flexibility index (Phi) is 2.84. The number of alkyl halides is 2. The standard InChI is InChI=1S/C7H4F3NO2/c8-6-4(3-12)1-2-5(11-6)13-7(9)10/h1-3,7H. The van der Waals surface area contributed by atoms with Crippen LogP contribution in [0.3, 0.4) is 0 Å². The van der Waals surface area contributed by atoms with Crippen LogP contribution in [0.4, 0.5) is 13.2 Å². The van der Waals surface area contributed by atoms with Crippen LogP contribution in [0.25, 0.3) is 0 Å². The summed E-state index contributed by atoms with van der Waals surface area (Å²) in [6, 6.07) is 1.99. The molecule has 3 nitrogen and oxygen atoms in total. The van der Waals surface area contributed by atoms with E-state index in [0.717, 1.165) is 12.1 Å². The lowest BCUT2D eigenvalue weighted by Crippen LogP contribution is -2.05. The van der Waals surface area contributed by atoms with E-state index in [0.29, 0.717) is 0 Å². The van der Waals surface area contributed by atoms with E-state index in [1.807, 2.05) is 0 Å². The van der Waals surface area contributed by atoms with Crippen LogP contribution in [0, 0.1) is 5.95 Å². The Bertz CT molecular complexity index is 317. The fourth-order valence-corrected chi connectivity index (χ4v) is 0.673. The number of halogens is 3. The van der Waals surface area contributed by atoms with Gasteiger partial charge in [0.25, 0.3) is 0 Å². The van der Waals surface area contributed by atoms with Gasteiger partial charge in [0.05, 0.1) is 5.56 Å². The SMILES string of the molecule is O=Cc1ccc(OC(F)F)nc1F. The summed E-state index contributed by atoms with van der Waals surface area (Å²) in [7, 11) is 0. The monoisotopic (exact) mass is 191 g/mol. The number of aromatic nitrogens is 1. The molecular weight excluding hydrogens is 187 g/mol. The third kappa shape index (κ3) is 2.43. The lowest BCUT2D eigenvalue weighted by Gasteiger charge is -2.02. The molecule has 1 heterocycles. The molecule has 0 aliphatic heterocycles. The Morgan fingerprint density at radius 3 is 2.62 bits per heavy atom. The Morgan fingerprint density at radius 2 is 2.15 bits per heavy atom. The maximum atomic E-state index is 12.6. The molecule has 0 spiro atoms. The molecule has 0 amide bonds. The van der Waals surface area contributed by atoms with Gasteiger partial charge in [-0.1, -0.05) is 0 Å². The second-order valence-corrected chi connectivity index (χ2v) is 2.03. The van der Waals surface area contributed by atoms with Crippen molar-refractivity contribution in [2.24, 2.45) is 0 Å². The van der Waals surface area contributed by atoms with Crippen LogP contribution in [0.15, 0.2) is 12.1 Å². The molecule has 70 valence electrons. The number of ether oxygens (including phenoxy) is 1. The molecule has 0 bridgehead atoms. The molecule has 0 radical (unpaired) electrons. The average molecular weight is 191 g/mol. The lowest BCUT2D eigenvalue weighted by molar-refractivity contribution is -0.0532. The van der Waals surface area contributed by atoms with Gasteiger partial charge in [-0.15, -0.1) is 0 Å². The molecule has 1 aromatic heterocycles. The van der Waals surface area contributed by atoms with E-state index < -0.39 is 18.4 Å². The number of hydrogen-bond donors (Lipinski definition) is 0. The summed E-state index contributed by atoms with van der Waals surface area (Å²) in [6.07, 6.45) is 0.231. The van der Waals surface area contributed by atoms with Gasteiger partial charge in [-0.2, -0.15) is 18.2 Å². The van der Waals surface area contributed by atoms with Crippen molar-refractivity contribution in [3.05, 3.63) is 23.6 Å². The molecule has 0 atom stereocenters. The number of hydrogen-bond acceptors (Lipinski definition) is 3. The molecule has 1 aromatic rings. The highest BCUT2D eigenvalue weighted by molar-refractivity contribution is 5.74. The first kappa shape index (κ1) is 9.50. The van der Waals surface area contributed by atoms with E-state index in [2.05, 4.69) is 9.72 Å². The topological polar surface area (TPSA) is 39.2 Å². The minimum atomic E-state index is -3.06. The fourth-order valence-electron chi connectivity index (χ4n) is 0.673. The normalized spacial score (nSPS) is 10.2. The fraction of sp³-hybridized carbons (Fsp3) is 0.143. The van der Waals surface area contributed by atoms with E-state index in [4.69, 9.17) is 0 Å². The van der Waals surface area contributed by atoms with Crippen molar-refractivity contribution >= 4 is 6.29 Å². The molecule has 13 heavy (non-hydrogen) atoms. The molecule has 1 rings (SSSR count). The van der Waals surface area contributed by atoms with Crippen molar-refractivity contribution in [3.8, 4) is 5.88 Å². The number of rotatable bonds is 3. The van der Waals surface area contributed by atoms with E-state index in [9.17, 15) is 18.0 Å². The van der Waals surface area contributed by atoms with Gasteiger partial charge in [0.2, 0.25) is 11.8 Å². The average Bonchev–Trinajstić information content (AvgIpc) is 2.03. The summed E-state index contributed by atoms with van der Waals surface area (Å²) in [6.45, 7) is -3.06. The van der Waals surface area contributed by atoms with Crippen LogP contribution in [0.5, 0.6) is 5.88 Å². The number of pyridine rings is 1. The van der Waals surface area contributed by atoms with Crippen LogP contribution < -0.4 is 4.74 Å². The Hall–Kier alpha value is -1.59. The quantitative estimate of drug-likeness (QED) is 0.538. The predicted molar refractivity (Wildman–Crippen MR) is 36.2 cm³/mol. The van der Waals surface area contributed by atoms with E-state index in [-0.39, 0.29) is 11.8 Å². The third-order valence-corrected chi connectivity index (χ3v) is 1.19. The zero-order valence-electron chi connectivity index (χ0n) is 6.21. The molecular formula is C7H4F3NO2. The molecule has 0 aliphatic rings. The molecule has 6 heteroatoms. The minimum absolute atomic E-state index is 0.231. The summed E-state index contributed by atoms with van der Waals surface area (Å²) in [5, 5.41) is 0. The van der Waals surface area contributed by atoms with Crippen molar-refractivity contribution < 1.29 is 22.7 Å². The van der Waals surface area contributed by atoms with Crippen LogP contribution in [0.2, 0.25) is 0 Å². The van der Waals surface area contributed by atoms with Crippen LogP contribution in [0.1, 0.15) is 10.4 Å². The van der Waals surface area contributed by atoms with Gasteiger partial charge in [-0.3, -0.25) is 4.79 Å². The van der Waals surface area contributed by atoms with Crippen LogP contribution >= 0.6 is 0 Å². The van der Waals surface area contributed by atoms with Crippen molar-refractivity contribution in [2.45, 2.75) is 6.61 Å². The highest BCUT2D eigenvalue weighted by atomic mass is 19.3. The second-order valence-electron chi connectivity index (χ2n) is 2.03. The van der Waals surface area contributed by atoms with Gasteiger partial charge in [-0.25, -0.2) is 0 Å². The van der Waals surface area contributed by atoms with Crippen molar-refractivity contribution in [1.29, 1.82) is 0 Å². The summed E-state index contributed by atoms with van der Waals surface area (Å²) in [4.78, 5) is 13.1. The molecule has 0 aromatic carbocycles. The molecule has 0 saturated carbocycles. The van der Waals surface area contributed by atoms with Gasteiger partial charge in [0, 0.05) is 6.07 Å². The maximum Gasteiger partial charge on any atom is 0.388 e. The maximum absolute atomic E-state index is 12.6. The van der Waals surface area contributed by atoms with Gasteiger partial charge in [0.15, 0.2) is 6.29 Å². The van der Waals surface area contributed by atoms with Gasteiger partial charge in [0.1, 0.15) is 0 Å². The number of nitrogens with zero attached hydrogens (tertiary/aromatic N) is 1. The molecule has 0 fully saturated rings. The highest BCUT2D eigenvalue weighted by Gasteiger charge is 2.08. The summed E-state index contributed by atoms with van der Waals surface area (Å²) in [5.41, 5.74) is -0.304. The first-order valence-corrected chi connectivity index (χ1v) is 3.20. The van der Waals surface area contributed by atoms with Crippen molar-refractivity contribution in [3.63, 3.8) is 0 Å². The molecule has 0 saturated heterocycles. The zero-order chi connectivity index (χ0) is 9.84. The first-order valence-electron chi connectivity index (χ1n) is 3.20. The van der Waals surface area contributed by atoms with Gasteiger partial charge >= 0.3 is 6.61 Å². The minimum Gasteiger partial charge on any atom is -0.417 e. The van der Waals surface area contributed by atoms with E-state index in [1.54, 1.807) is 0 Å². The largest absolute Gasteiger partial charge is 0.417 e. The van der Waals surface area contributed by atoms with Gasteiger partial charge < -0.3 is 4.74 Å². The van der Waals surface area contributed by atoms with Crippen LogP contribution in [-0.4, -0.2) is 17.9 Å². The number of carbonyl (C=O) groups is 1. The molecule has 0 aliphatic carbocycles. The summed E-state index contributed by atoms with van der Waals surface area (Å²) >= 11 is 0.